The number of rotatable bonds is 3. The van der Waals surface area contributed by atoms with E-state index in [0.717, 1.165) is 48.5 Å². The predicted molar refractivity (Wildman–Crippen MR) is 78.4 cm³/mol. The molecule has 1 N–H and O–H groups in total. The van der Waals surface area contributed by atoms with Gasteiger partial charge in [0.2, 0.25) is 0 Å². The molecule has 0 saturated heterocycles. The van der Waals surface area contributed by atoms with E-state index in [1.165, 1.54) is 43.4 Å². The molecule has 3 heteroatoms. The van der Waals surface area contributed by atoms with Gasteiger partial charge in [-0.3, -0.25) is 0 Å². The van der Waals surface area contributed by atoms with E-state index in [4.69, 9.17) is 4.98 Å². The van der Waals surface area contributed by atoms with Gasteiger partial charge in [-0.2, -0.15) is 5.26 Å². The van der Waals surface area contributed by atoms with Gasteiger partial charge in [-0.05, 0) is 67.9 Å². The molecule has 0 aliphatic heterocycles. The van der Waals surface area contributed by atoms with Gasteiger partial charge in [-0.25, -0.2) is 4.98 Å². The normalized spacial score (nSPS) is 30.2. The van der Waals surface area contributed by atoms with E-state index in [0.29, 0.717) is 0 Å². The lowest BCUT2D eigenvalue weighted by molar-refractivity contribution is 0.348. The van der Waals surface area contributed by atoms with Crippen LogP contribution in [0, 0.1) is 29.1 Å². The van der Waals surface area contributed by atoms with Crippen molar-refractivity contribution in [3.63, 3.8) is 0 Å². The van der Waals surface area contributed by atoms with Gasteiger partial charge in [0.25, 0.3) is 0 Å². The number of hydrogen-bond acceptors (Lipinski definition) is 3. The van der Waals surface area contributed by atoms with Gasteiger partial charge in [0, 0.05) is 12.2 Å². The number of nitrogens with one attached hydrogen (secondary N) is 1. The summed E-state index contributed by atoms with van der Waals surface area (Å²) >= 11 is 0. The smallest absolute Gasteiger partial charge is 0.144 e. The number of anilines is 1. The summed E-state index contributed by atoms with van der Waals surface area (Å²) in [6, 6.07) is 4.36. The zero-order valence-corrected chi connectivity index (χ0v) is 11.9. The molecule has 2 bridgehead atoms. The van der Waals surface area contributed by atoms with Crippen LogP contribution in [0.25, 0.3) is 0 Å². The molecule has 0 radical (unpaired) electrons. The first kappa shape index (κ1) is 12.2. The van der Waals surface area contributed by atoms with Crippen molar-refractivity contribution >= 4 is 5.82 Å². The molecule has 3 atom stereocenters. The molecule has 3 unspecified atom stereocenters. The van der Waals surface area contributed by atoms with Gasteiger partial charge in [0.05, 0.1) is 5.56 Å². The van der Waals surface area contributed by atoms with Crippen molar-refractivity contribution in [3.8, 4) is 6.07 Å². The van der Waals surface area contributed by atoms with Crippen LogP contribution >= 0.6 is 0 Å². The third-order valence-electron chi connectivity index (χ3n) is 5.59. The molecule has 1 aromatic rings. The van der Waals surface area contributed by atoms with Crippen LogP contribution in [0.1, 0.15) is 48.9 Å². The Kier molecular flexibility index (Phi) is 2.91. The molecule has 2 fully saturated rings. The number of aromatic nitrogens is 1. The first-order chi connectivity index (χ1) is 9.83. The molecule has 0 spiro atoms. The van der Waals surface area contributed by atoms with E-state index in [-0.39, 0.29) is 0 Å². The Labute approximate surface area is 120 Å². The van der Waals surface area contributed by atoms with E-state index in [9.17, 15) is 5.26 Å². The second kappa shape index (κ2) is 4.77. The summed E-state index contributed by atoms with van der Waals surface area (Å²) in [5, 5.41) is 12.8. The number of nitrogens with zero attached hydrogens (tertiary/aromatic N) is 2. The van der Waals surface area contributed by atoms with Crippen molar-refractivity contribution in [2.75, 3.05) is 11.9 Å². The predicted octanol–water partition coefficient (Wildman–Crippen LogP) is 3.29. The Morgan fingerprint density at radius 3 is 3.00 bits per heavy atom. The van der Waals surface area contributed by atoms with Crippen LogP contribution in [-0.2, 0) is 12.8 Å². The molecule has 3 aliphatic carbocycles. The van der Waals surface area contributed by atoms with Gasteiger partial charge in [0.1, 0.15) is 11.9 Å². The number of aryl methyl sites for hydroxylation is 2. The van der Waals surface area contributed by atoms with Crippen molar-refractivity contribution in [1.29, 1.82) is 5.26 Å². The highest BCUT2D eigenvalue weighted by molar-refractivity contribution is 5.55. The van der Waals surface area contributed by atoms with Crippen LogP contribution < -0.4 is 5.32 Å². The summed E-state index contributed by atoms with van der Waals surface area (Å²) in [5.74, 6) is 3.54. The van der Waals surface area contributed by atoms with Crippen molar-refractivity contribution in [2.24, 2.45) is 17.8 Å². The zero-order chi connectivity index (χ0) is 13.5. The first-order valence-corrected chi connectivity index (χ1v) is 8.00. The molecule has 3 nitrogen and oxygen atoms in total. The Hall–Kier alpha value is -1.56. The standard InChI is InChI=1S/C17H21N3/c18-9-14-8-13-2-1-3-16(13)20-17(14)19-10-15-7-11-4-5-12(15)6-11/h8,11-12,15H,1-7,10H2,(H,19,20). The highest BCUT2D eigenvalue weighted by atomic mass is 15.0. The fraction of sp³-hybridized carbons (Fsp3) is 0.647. The number of fused-ring (bicyclic) bond motifs is 3. The molecule has 104 valence electrons. The van der Waals surface area contributed by atoms with Crippen LogP contribution in [0.15, 0.2) is 6.07 Å². The third-order valence-corrected chi connectivity index (χ3v) is 5.59. The number of pyridine rings is 1. The zero-order valence-electron chi connectivity index (χ0n) is 11.9. The monoisotopic (exact) mass is 267 g/mol. The van der Waals surface area contributed by atoms with Crippen molar-refractivity contribution in [2.45, 2.75) is 44.9 Å². The Morgan fingerprint density at radius 1 is 1.30 bits per heavy atom. The molecular formula is C17H21N3. The summed E-state index contributed by atoms with van der Waals surface area (Å²) in [6.07, 6.45) is 9.03. The Balaban J connectivity index is 1.50. The largest absolute Gasteiger partial charge is 0.369 e. The SMILES string of the molecule is N#Cc1cc2c(nc1NCC1CC3CCC1C3)CCC2. The highest BCUT2D eigenvalue weighted by Crippen LogP contribution is 2.48. The maximum Gasteiger partial charge on any atom is 0.144 e. The van der Waals surface area contributed by atoms with E-state index in [1.807, 2.05) is 0 Å². The van der Waals surface area contributed by atoms with Gasteiger partial charge < -0.3 is 5.32 Å². The van der Waals surface area contributed by atoms with Crippen molar-refractivity contribution in [3.05, 3.63) is 22.9 Å². The summed E-state index contributed by atoms with van der Waals surface area (Å²) in [6.45, 7) is 1.00. The molecule has 1 aromatic heterocycles. The summed E-state index contributed by atoms with van der Waals surface area (Å²) in [5.41, 5.74) is 3.22. The minimum atomic E-state index is 0.730. The van der Waals surface area contributed by atoms with Gasteiger partial charge in [0.15, 0.2) is 0 Å². The quantitative estimate of drug-likeness (QED) is 0.914. The third kappa shape index (κ3) is 1.98. The summed E-state index contributed by atoms with van der Waals surface area (Å²) < 4.78 is 0. The Morgan fingerprint density at radius 2 is 2.25 bits per heavy atom. The molecular weight excluding hydrogens is 246 g/mol. The Bertz CT molecular complexity index is 572. The molecule has 1 heterocycles. The minimum absolute atomic E-state index is 0.730. The second-order valence-corrected chi connectivity index (χ2v) is 6.77. The van der Waals surface area contributed by atoms with E-state index >= 15 is 0 Å². The highest BCUT2D eigenvalue weighted by Gasteiger charge is 2.39. The average molecular weight is 267 g/mol. The van der Waals surface area contributed by atoms with Gasteiger partial charge in [-0.1, -0.05) is 6.42 Å². The summed E-state index contributed by atoms with van der Waals surface area (Å²) in [7, 11) is 0. The molecule has 20 heavy (non-hydrogen) atoms. The average Bonchev–Trinajstić information content (AvgIpc) is 3.19. The van der Waals surface area contributed by atoms with Crippen LogP contribution in [0.4, 0.5) is 5.82 Å². The lowest BCUT2D eigenvalue weighted by Gasteiger charge is -2.22. The molecule has 3 aliphatic rings. The first-order valence-electron chi connectivity index (χ1n) is 8.00. The van der Waals surface area contributed by atoms with Crippen LogP contribution in [0.2, 0.25) is 0 Å². The van der Waals surface area contributed by atoms with Gasteiger partial charge >= 0.3 is 0 Å². The lowest BCUT2D eigenvalue weighted by atomic mass is 9.89. The van der Waals surface area contributed by atoms with Crippen LogP contribution in [0.5, 0.6) is 0 Å². The maximum absolute atomic E-state index is 9.32. The summed E-state index contributed by atoms with van der Waals surface area (Å²) in [4.78, 5) is 4.71. The fourth-order valence-electron chi connectivity index (χ4n) is 4.55. The fourth-order valence-corrected chi connectivity index (χ4v) is 4.55. The van der Waals surface area contributed by atoms with E-state index in [1.54, 1.807) is 0 Å². The van der Waals surface area contributed by atoms with Gasteiger partial charge in [-0.15, -0.1) is 0 Å². The number of hydrogen-bond donors (Lipinski definition) is 1. The number of nitriles is 1. The van der Waals surface area contributed by atoms with Crippen molar-refractivity contribution in [1.82, 2.24) is 4.98 Å². The molecule has 4 rings (SSSR count). The van der Waals surface area contributed by atoms with Crippen LogP contribution in [0.3, 0.4) is 0 Å². The lowest BCUT2D eigenvalue weighted by Crippen LogP contribution is -2.21. The molecule has 0 amide bonds. The maximum atomic E-state index is 9.32. The minimum Gasteiger partial charge on any atom is -0.369 e. The second-order valence-electron chi connectivity index (χ2n) is 6.77. The van der Waals surface area contributed by atoms with E-state index < -0.39 is 0 Å². The van der Waals surface area contributed by atoms with E-state index in [2.05, 4.69) is 17.5 Å². The van der Waals surface area contributed by atoms with Crippen molar-refractivity contribution < 1.29 is 0 Å². The van der Waals surface area contributed by atoms with Crippen LogP contribution in [-0.4, -0.2) is 11.5 Å². The molecule has 2 saturated carbocycles. The topological polar surface area (TPSA) is 48.7 Å². The molecule has 0 aromatic carbocycles.